The first-order chi connectivity index (χ1) is 13.9. The van der Waals surface area contributed by atoms with E-state index >= 15 is 0 Å². The molecular formula is C22H27ClN2O4S. The zero-order chi connectivity index (χ0) is 22.3. The van der Waals surface area contributed by atoms with Crippen molar-refractivity contribution in [2.45, 2.75) is 45.8 Å². The fraction of sp³-hybridized carbons (Fsp3) is 0.409. The van der Waals surface area contributed by atoms with Crippen LogP contribution in [0.15, 0.2) is 36.4 Å². The van der Waals surface area contributed by atoms with E-state index in [-0.39, 0.29) is 12.6 Å². The van der Waals surface area contributed by atoms with Crippen LogP contribution in [-0.2, 0) is 14.8 Å². The highest BCUT2D eigenvalue weighted by molar-refractivity contribution is 7.92. The van der Waals surface area contributed by atoms with Gasteiger partial charge in [0.25, 0.3) is 0 Å². The fourth-order valence-corrected chi connectivity index (χ4v) is 4.78. The van der Waals surface area contributed by atoms with Gasteiger partial charge in [-0.2, -0.15) is 0 Å². The number of hydrogen-bond acceptors (Lipinski definition) is 4. The second-order valence-corrected chi connectivity index (χ2v) is 10.8. The van der Waals surface area contributed by atoms with Gasteiger partial charge in [0.1, 0.15) is 17.9 Å². The first-order valence-corrected chi connectivity index (χ1v) is 11.9. The van der Waals surface area contributed by atoms with Gasteiger partial charge < -0.3 is 10.1 Å². The predicted molar refractivity (Wildman–Crippen MR) is 120 cm³/mol. The molecule has 0 spiro atoms. The van der Waals surface area contributed by atoms with Crippen LogP contribution in [0.1, 0.15) is 43.0 Å². The van der Waals surface area contributed by atoms with Crippen LogP contribution in [-0.4, -0.2) is 32.7 Å². The number of sulfonamides is 1. The minimum atomic E-state index is -3.69. The third kappa shape index (κ3) is 5.08. The van der Waals surface area contributed by atoms with Crippen LogP contribution in [0.5, 0.6) is 5.75 Å². The molecule has 1 aliphatic rings. The Balaban J connectivity index is 1.88. The Bertz CT molecular complexity index is 1080. The lowest BCUT2D eigenvalue weighted by molar-refractivity contribution is -0.120. The summed E-state index contributed by atoms with van der Waals surface area (Å²) in [7, 11) is -3.69. The van der Waals surface area contributed by atoms with Gasteiger partial charge in [0.05, 0.1) is 18.0 Å². The smallest absolute Gasteiger partial charge is 0.241 e. The molecule has 1 N–H and O–H groups in total. The molecule has 3 rings (SSSR count). The molecule has 1 heterocycles. The molecule has 8 heteroatoms. The third-order valence-electron chi connectivity index (χ3n) is 5.09. The van der Waals surface area contributed by atoms with Crippen LogP contribution in [0, 0.1) is 13.8 Å². The zero-order valence-corrected chi connectivity index (χ0v) is 19.4. The molecule has 0 radical (unpaired) electrons. The molecule has 0 saturated heterocycles. The molecule has 0 fully saturated rings. The van der Waals surface area contributed by atoms with Gasteiger partial charge in [-0.25, -0.2) is 8.42 Å². The SMILES string of the molecule is Cc1ccc2c(c1)C(NC(=O)CN(c1cc(Cl)ccc1C)S(C)(=O)=O)CC(C)(C)O2. The molecule has 0 aromatic heterocycles. The highest BCUT2D eigenvalue weighted by atomic mass is 35.5. The lowest BCUT2D eigenvalue weighted by atomic mass is 9.89. The van der Waals surface area contributed by atoms with Gasteiger partial charge in [0.15, 0.2) is 0 Å². The standard InChI is InChI=1S/C22H27ClN2O4S/c1-14-6-9-20-17(10-14)18(12-22(3,4)29-20)24-21(26)13-25(30(5,27)28)19-11-16(23)8-7-15(19)2/h6-11,18H,12-13H2,1-5H3,(H,24,26). The predicted octanol–water partition coefficient (Wildman–Crippen LogP) is 4.14. The van der Waals surface area contributed by atoms with Gasteiger partial charge in [-0.3, -0.25) is 9.10 Å². The monoisotopic (exact) mass is 450 g/mol. The molecule has 0 aliphatic carbocycles. The fourth-order valence-electron chi connectivity index (χ4n) is 3.71. The van der Waals surface area contributed by atoms with Crippen LogP contribution in [0.2, 0.25) is 5.02 Å². The summed E-state index contributed by atoms with van der Waals surface area (Å²) in [6, 6.07) is 10.6. The van der Waals surface area contributed by atoms with E-state index in [0.29, 0.717) is 22.7 Å². The minimum absolute atomic E-state index is 0.280. The van der Waals surface area contributed by atoms with Crippen LogP contribution in [0.4, 0.5) is 5.69 Å². The van der Waals surface area contributed by atoms with Crippen LogP contribution >= 0.6 is 11.6 Å². The van der Waals surface area contributed by atoms with Gasteiger partial charge in [-0.15, -0.1) is 0 Å². The van der Waals surface area contributed by atoms with Gasteiger partial charge >= 0.3 is 0 Å². The number of amides is 1. The lowest BCUT2D eigenvalue weighted by Crippen LogP contribution is -2.45. The molecule has 1 aliphatic heterocycles. The Morgan fingerprint density at radius 3 is 2.60 bits per heavy atom. The number of carbonyl (C=O) groups is 1. The Morgan fingerprint density at radius 2 is 1.93 bits per heavy atom. The first-order valence-electron chi connectivity index (χ1n) is 9.68. The van der Waals surface area contributed by atoms with Crippen LogP contribution in [0.3, 0.4) is 0 Å². The normalized spacial score (nSPS) is 17.6. The number of carbonyl (C=O) groups excluding carboxylic acids is 1. The second kappa shape index (κ2) is 8.12. The van der Waals surface area contributed by atoms with Crippen molar-refractivity contribution in [2.75, 3.05) is 17.1 Å². The summed E-state index contributed by atoms with van der Waals surface area (Å²) in [5, 5.41) is 3.41. The largest absolute Gasteiger partial charge is 0.487 e. The highest BCUT2D eigenvalue weighted by Crippen LogP contribution is 2.40. The maximum Gasteiger partial charge on any atom is 0.241 e. The van der Waals surface area contributed by atoms with E-state index in [9.17, 15) is 13.2 Å². The zero-order valence-electron chi connectivity index (χ0n) is 17.8. The van der Waals surface area contributed by atoms with E-state index in [1.165, 1.54) is 0 Å². The molecule has 1 amide bonds. The van der Waals surface area contributed by atoms with Crippen molar-refractivity contribution >= 4 is 33.2 Å². The Labute approximate surface area is 183 Å². The number of ether oxygens (including phenoxy) is 1. The van der Waals surface area contributed by atoms with E-state index in [2.05, 4.69) is 5.32 Å². The Kier molecular flexibility index (Phi) is 6.07. The Morgan fingerprint density at radius 1 is 1.23 bits per heavy atom. The molecule has 0 saturated carbocycles. The lowest BCUT2D eigenvalue weighted by Gasteiger charge is -2.38. The van der Waals surface area contributed by atoms with Gasteiger partial charge in [-0.1, -0.05) is 35.4 Å². The molecule has 1 unspecified atom stereocenters. The van der Waals surface area contributed by atoms with Gasteiger partial charge in [0.2, 0.25) is 15.9 Å². The number of halogens is 1. The number of aryl methyl sites for hydroxylation is 2. The molecule has 30 heavy (non-hydrogen) atoms. The first kappa shape index (κ1) is 22.4. The van der Waals surface area contributed by atoms with Gasteiger partial charge in [-0.05, 0) is 51.5 Å². The summed E-state index contributed by atoms with van der Waals surface area (Å²) >= 11 is 6.07. The summed E-state index contributed by atoms with van der Waals surface area (Å²) in [4.78, 5) is 13.0. The van der Waals surface area contributed by atoms with Gasteiger partial charge in [0, 0.05) is 17.0 Å². The molecule has 0 bridgehead atoms. The van der Waals surface area contributed by atoms with Crippen molar-refractivity contribution in [1.82, 2.24) is 5.32 Å². The molecule has 1 atom stereocenters. The number of anilines is 1. The summed E-state index contributed by atoms with van der Waals surface area (Å²) in [6.07, 6.45) is 1.65. The van der Waals surface area contributed by atoms with E-state index in [1.807, 2.05) is 39.0 Å². The van der Waals surface area contributed by atoms with Crippen LogP contribution in [0.25, 0.3) is 0 Å². The topological polar surface area (TPSA) is 75.7 Å². The number of fused-ring (bicyclic) bond motifs is 1. The summed E-state index contributed by atoms with van der Waals surface area (Å²) in [5.74, 6) is 0.336. The molecule has 2 aromatic rings. The van der Waals surface area contributed by atoms with Crippen LogP contribution < -0.4 is 14.4 Å². The highest BCUT2D eigenvalue weighted by Gasteiger charge is 2.35. The molecule has 2 aromatic carbocycles. The molecular weight excluding hydrogens is 424 g/mol. The number of nitrogens with zero attached hydrogens (tertiary/aromatic N) is 1. The average molecular weight is 451 g/mol. The summed E-state index contributed by atoms with van der Waals surface area (Å²) in [5.41, 5.74) is 2.60. The van der Waals surface area contributed by atoms with Crippen molar-refractivity contribution < 1.29 is 17.9 Å². The van der Waals surface area contributed by atoms with Crippen molar-refractivity contribution in [3.8, 4) is 5.75 Å². The maximum absolute atomic E-state index is 13.0. The number of nitrogens with one attached hydrogen (secondary N) is 1. The summed E-state index contributed by atoms with van der Waals surface area (Å²) in [6.45, 7) is 7.35. The number of hydrogen-bond donors (Lipinski definition) is 1. The second-order valence-electron chi connectivity index (χ2n) is 8.43. The van der Waals surface area contributed by atoms with E-state index < -0.39 is 21.5 Å². The summed E-state index contributed by atoms with van der Waals surface area (Å²) < 4.78 is 32.0. The van der Waals surface area contributed by atoms with E-state index in [1.54, 1.807) is 25.1 Å². The average Bonchev–Trinajstić information content (AvgIpc) is 2.61. The minimum Gasteiger partial charge on any atom is -0.487 e. The van der Waals surface area contributed by atoms with Crippen molar-refractivity contribution in [3.05, 3.63) is 58.1 Å². The third-order valence-corrected chi connectivity index (χ3v) is 6.45. The number of benzene rings is 2. The maximum atomic E-state index is 13.0. The number of rotatable bonds is 5. The Hall–Kier alpha value is -2.25. The molecule has 6 nitrogen and oxygen atoms in total. The van der Waals surface area contributed by atoms with Crippen molar-refractivity contribution in [3.63, 3.8) is 0 Å². The van der Waals surface area contributed by atoms with Crippen molar-refractivity contribution in [1.29, 1.82) is 0 Å². The quantitative estimate of drug-likeness (QED) is 0.742. The van der Waals surface area contributed by atoms with E-state index in [4.69, 9.17) is 16.3 Å². The van der Waals surface area contributed by atoms with E-state index in [0.717, 1.165) is 27.4 Å². The van der Waals surface area contributed by atoms with Crippen molar-refractivity contribution in [2.24, 2.45) is 0 Å². The molecule has 162 valence electrons.